The van der Waals surface area contributed by atoms with Crippen LogP contribution in [0.1, 0.15) is 32.8 Å². The third-order valence-electron chi connectivity index (χ3n) is 6.40. The number of rotatable bonds is 12. The molecule has 1 saturated heterocycles. The second-order valence-corrected chi connectivity index (χ2v) is 12.3. The van der Waals surface area contributed by atoms with Gasteiger partial charge in [0.1, 0.15) is 35.9 Å². The average Bonchev–Trinajstić information content (AvgIpc) is 3.56. The molecule has 0 saturated carbocycles. The Labute approximate surface area is 256 Å². The number of aromatic nitrogens is 4. The van der Waals surface area contributed by atoms with E-state index in [0.717, 1.165) is 0 Å². The Hall–Kier alpha value is -3.60. The zero-order chi connectivity index (χ0) is 33.1. The highest BCUT2D eigenvalue weighted by molar-refractivity contribution is 7.52. The van der Waals surface area contributed by atoms with Gasteiger partial charge in [-0.2, -0.15) is 18.3 Å². The molecular formula is C27H34F3N6O8P. The summed E-state index contributed by atoms with van der Waals surface area (Å²) in [6.07, 6.45) is -8.77. The van der Waals surface area contributed by atoms with Crippen molar-refractivity contribution in [2.45, 2.75) is 63.6 Å². The SMILES string of the molecule is CC(C)OC(=O)[C@H](C)N[P@](=O)(OC[C@H]1O[C@@H](n2cncc2-c2cc(N(C)C)nc(C(F)(F)F)n2)[C@@H](O)C1O)Oc1ccccc1. The first-order valence-corrected chi connectivity index (χ1v) is 15.3. The Morgan fingerprint density at radius 1 is 1.16 bits per heavy atom. The molecule has 1 aromatic carbocycles. The van der Waals surface area contributed by atoms with Crippen molar-refractivity contribution >= 4 is 19.5 Å². The molecule has 0 amide bonds. The van der Waals surface area contributed by atoms with Crippen LogP contribution in [0.4, 0.5) is 19.0 Å². The number of benzene rings is 1. The van der Waals surface area contributed by atoms with Gasteiger partial charge in [0, 0.05) is 20.2 Å². The average molecular weight is 659 g/mol. The molecule has 2 aromatic heterocycles. The third kappa shape index (κ3) is 8.36. The summed E-state index contributed by atoms with van der Waals surface area (Å²) in [7, 11) is -1.32. The van der Waals surface area contributed by atoms with Gasteiger partial charge in [0.25, 0.3) is 0 Å². The van der Waals surface area contributed by atoms with Gasteiger partial charge in [0.05, 0.1) is 36.6 Å². The van der Waals surface area contributed by atoms with Crippen LogP contribution in [0.3, 0.4) is 0 Å². The van der Waals surface area contributed by atoms with Crippen molar-refractivity contribution in [1.29, 1.82) is 0 Å². The highest BCUT2D eigenvalue weighted by Crippen LogP contribution is 2.46. The van der Waals surface area contributed by atoms with E-state index in [4.69, 9.17) is 18.5 Å². The van der Waals surface area contributed by atoms with Crippen LogP contribution in [-0.2, 0) is 29.5 Å². The molecule has 18 heteroatoms. The minimum Gasteiger partial charge on any atom is -0.462 e. The molecule has 1 aliphatic heterocycles. The number of hydrogen-bond acceptors (Lipinski definition) is 12. The lowest BCUT2D eigenvalue weighted by atomic mass is 10.1. The predicted octanol–water partition coefficient (Wildman–Crippen LogP) is 3.18. The minimum absolute atomic E-state index is 0.0288. The van der Waals surface area contributed by atoms with E-state index in [-0.39, 0.29) is 23.0 Å². The van der Waals surface area contributed by atoms with Crippen LogP contribution >= 0.6 is 7.75 Å². The molecule has 246 valence electrons. The fourth-order valence-electron chi connectivity index (χ4n) is 4.23. The predicted molar refractivity (Wildman–Crippen MR) is 153 cm³/mol. The van der Waals surface area contributed by atoms with Gasteiger partial charge in [0.2, 0.25) is 5.82 Å². The van der Waals surface area contributed by atoms with Gasteiger partial charge in [-0.3, -0.25) is 13.9 Å². The Morgan fingerprint density at radius 3 is 2.47 bits per heavy atom. The molecular weight excluding hydrogens is 624 g/mol. The summed E-state index contributed by atoms with van der Waals surface area (Å²) in [6.45, 7) is 4.09. The lowest BCUT2D eigenvalue weighted by Gasteiger charge is -2.25. The first-order chi connectivity index (χ1) is 21.1. The third-order valence-corrected chi connectivity index (χ3v) is 8.04. The quantitative estimate of drug-likeness (QED) is 0.192. The summed E-state index contributed by atoms with van der Waals surface area (Å²) in [5.74, 6) is -2.00. The van der Waals surface area contributed by atoms with Crippen LogP contribution in [-0.4, -0.2) is 86.9 Å². The monoisotopic (exact) mass is 658 g/mol. The Morgan fingerprint density at radius 2 is 1.84 bits per heavy atom. The maximum absolute atomic E-state index is 13.8. The fraction of sp³-hybridized carbons (Fsp3) is 0.481. The number of esters is 1. The molecule has 0 bridgehead atoms. The molecule has 3 aromatic rings. The summed E-state index contributed by atoms with van der Waals surface area (Å²) in [5, 5.41) is 24.2. The summed E-state index contributed by atoms with van der Waals surface area (Å²) in [5.41, 5.74) is -0.142. The normalized spacial score (nSPS) is 22.2. The van der Waals surface area contributed by atoms with Crippen LogP contribution in [0.2, 0.25) is 0 Å². The van der Waals surface area contributed by atoms with Gasteiger partial charge in [-0.05, 0) is 32.9 Å². The van der Waals surface area contributed by atoms with Crippen molar-refractivity contribution in [2.24, 2.45) is 0 Å². The Bertz CT molecular complexity index is 1510. The fourth-order valence-corrected chi connectivity index (χ4v) is 5.73. The van der Waals surface area contributed by atoms with Crippen molar-refractivity contribution in [1.82, 2.24) is 24.6 Å². The number of anilines is 1. The molecule has 0 spiro atoms. The number of imidazole rings is 1. The summed E-state index contributed by atoms with van der Waals surface area (Å²) in [6, 6.07) is 8.14. The lowest BCUT2D eigenvalue weighted by Crippen LogP contribution is -2.38. The highest BCUT2D eigenvalue weighted by Gasteiger charge is 2.46. The molecule has 14 nitrogen and oxygen atoms in total. The second-order valence-electron chi connectivity index (χ2n) is 10.6. The van der Waals surface area contributed by atoms with E-state index in [9.17, 15) is 32.7 Å². The molecule has 0 aliphatic carbocycles. The van der Waals surface area contributed by atoms with Gasteiger partial charge < -0.3 is 29.1 Å². The van der Waals surface area contributed by atoms with E-state index in [0.29, 0.717) is 0 Å². The van der Waals surface area contributed by atoms with Crippen LogP contribution in [0.15, 0.2) is 48.9 Å². The van der Waals surface area contributed by atoms with E-state index in [1.54, 1.807) is 32.0 Å². The topological polar surface area (TPSA) is 170 Å². The standard InChI is InChI=1S/C27H34F3N6O8P/c1-15(2)42-25(39)16(3)34-45(40,44-17-9-7-6-8-10-17)41-13-20-22(37)23(38)24(43-20)36-14-31-12-19(36)18-11-21(35(4)5)33-26(32-18)27(28,29)30/h6-12,14-16,20,22-24,37-38H,13H2,1-5H3,(H,34,40)/t16-,20+,22?,23-,24+,45-/m0/s1. The Kier molecular flexibility index (Phi) is 10.5. The number of halogens is 3. The first-order valence-electron chi connectivity index (χ1n) is 13.7. The van der Waals surface area contributed by atoms with Crippen molar-refractivity contribution in [3.05, 3.63) is 54.7 Å². The number of para-hydroxylation sites is 1. The Balaban J connectivity index is 1.56. The van der Waals surface area contributed by atoms with Gasteiger partial charge >= 0.3 is 19.9 Å². The van der Waals surface area contributed by atoms with Crippen LogP contribution < -0.4 is 14.5 Å². The van der Waals surface area contributed by atoms with E-state index in [2.05, 4.69) is 20.0 Å². The number of nitrogens with zero attached hydrogens (tertiary/aromatic N) is 5. The minimum atomic E-state index is -4.85. The number of carbonyl (C=O) groups is 1. The molecule has 1 fully saturated rings. The smallest absolute Gasteiger partial charge is 0.459 e. The van der Waals surface area contributed by atoms with Crippen molar-refractivity contribution in [3.8, 4) is 17.1 Å². The van der Waals surface area contributed by atoms with E-state index >= 15 is 0 Å². The van der Waals surface area contributed by atoms with Crippen LogP contribution in [0.5, 0.6) is 5.75 Å². The highest BCUT2D eigenvalue weighted by atomic mass is 31.2. The molecule has 45 heavy (non-hydrogen) atoms. The van der Waals surface area contributed by atoms with Crippen molar-refractivity contribution in [2.75, 3.05) is 25.6 Å². The zero-order valence-corrected chi connectivity index (χ0v) is 25.8. The van der Waals surface area contributed by atoms with Gasteiger partial charge in [0.15, 0.2) is 6.23 Å². The zero-order valence-electron chi connectivity index (χ0n) is 25.0. The molecule has 4 rings (SSSR count). The number of aliphatic hydroxyl groups is 2. The van der Waals surface area contributed by atoms with Crippen LogP contribution in [0, 0.1) is 0 Å². The molecule has 0 radical (unpaired) electrons. The first kappa shape index (κ1) is 34.3. The number of carbonyl (C=O) groups excluding carboxylic acids is 1. The van der Waals surface area contributed by atoms with Crippen molar-refractivity contribution < 1.29 is 51.3 Å². The van der Waals surface area contributed by atoms with Crippen LogP contribution in [0.25, 0.3) is 11.4 Å². The number of aliphatic hydroxyl groups excluding tert-OH is 2. The maximum Gasteiger partial charge on any atom is 0.459 e. The molecule has 3 N–H and O–H groups in total. The number of nitrogens with one attached hydrogen (secondary N) is 1. The summed E-state index contributed by atoms with van der Waals surface area (Å²) < 4.78 is 77.9. The van der Waals surface area contributed by atoms with Crippen molar-refractivity contribution in [3.63, 3.8) is 0 Å². The molecule has 6 atom stereocenters. The van der Waals surface area contributed by atoms with E-state index in [1.807, 2.05) is 0 Å². The van der Waals surface area contributed by atoms with Gasteiger partial charge in [-0.15, -0.1) is 0 Å². The molecule has 1 aliphatic rings. The number of hydrogen-bond donors (Lipinski definition) is 3. The van der Waals surface area contributed by atoms with E-state index < -0.39 is 69.0 Å². The largest absolute Gasteiger partial charge is 0.462 e. The molecule has 3 heterocycles. The summed E-state index contributed by atoms with van der Waals surface area (Å²) >= 11 is 0. The number of ether oxygens (including phenoxy) is 2. The van der Waals surface area contributed by atoms with Gasteiger partial charge in [-0.1, -0.05) is 18.2 Å². The summed E-state index contributed by atoms with van der Waals surface area (Å²) in [4.78, 5) is 24.9. The van der Waals surface area contributed by atoms with Gasteiger partial charge in [-0.25, -0.2) is 19.5 Å². The second kappa shape index (κ2) is 13.8. The number of alkyl halides is 3. The van der Waals surface area contributed by atoms with E-state index in [1.165, 1.54) is 61.2 Å². The lowest BCUT2D eigenvalue weighted by molar-refractivity contribution is -0.149. The maximum atomic E-state index is 13.8. The molecule has 1 unspecified atom stereocenters.